The number of nitrogens with zero attached hydrogens (tertiary/aromatic N) is 1. The summed E-state index contributed by atoms with van der Waals surface area (Å²) in [6.45, 7) is 12.3. The maximum atomic E-state index is 6.10. The van der Waals surface area contributed by atoms with Crippen LogP contribution in [0.25, 0.3) is 0 Å². The largest absolute Gasteiger partial charge is 0.367 e. The van der Waals surface area contributed by atoms with Crippen LogP contribution in [0, 0.1) is 0 Å². The van der Waals surface area contributed by atoms with Crippen molar-refractivity contribution in [3.63, 3.8) is 0 Å². The molecule has 1 aromatic rings. The molecule has 2 rings (SSSR count). The molecule has 1 aromatic heterocycles. The van der Waals surface area contributed by atoms with Gasteiger partial charge in [0.2, 0.25) is 0 Å². The minimum atomic E-state index is -0.0737. The minimum Gasteiger partial charge on any atom is -0.367 e. The average Bonchev–Trinajstić information content (AvgIpc) is 2.60. The molecule has 0 bridgehead atoms. The maximum Gasteiger partial charge on any atom is 0.0760 e. The highest BCUT2D eigenvalue weighted by molar-refractivity contribution is 7.11. The van der Waals surface area contributed by atoms with Crippen molar-refractivity contribution in [2.24, 2.45) is 5.73 Å². The van der Waals surface area contributed by atoms with E-state index in [-0.39, 0.29) is 11.2 Å². The standard InChI is InChI=1S/C14H24N2OS/c1-13(2)9-16(10-14(3,4)17-13)8-12-6-5-11(7-15)18-12/h5-6H,7-10,15H2,1-4H3. The Morgan fingerprint density at radius 3 is 2.22 bits per heavy atom. The summed E-state index contributed by atoms with van der Waals surface area (Å²) < 4.78 is 6.10. The van der Waals surface area contributed by atoms with Gasteiger partial charge in [-0.2, -0.15) is 0 Å². The van der Waals surface area contributed by atoms with Crippen molar-refractivity contribution in [3.8, 4) is 0 Å². The van der Waals surface area contributed by atoms with E-state index in [1.54, 1.807) is 0 Å². The van der Waals surface area contributed by atoms with Crippen molar-refractivity contribution in [2.75, 3.05) is 13.1 Å². The summed E-state index contributed by atoms with van der Waals surface area (Å²) in [4.78, 5) is 5.14. The molecule has 102 valence electrons. The topological polar surface area (TPSA) is 38.5 Å². The second-order valence-electron chi connectivity index (χ2n) is 6.34. The number of ether oxygens (including phenoxy) is 1. The van der Waals surface area contributed by atoms with Gasteiger partial charge in [0.25, 0.3) is 0 Å². The van der Waals surface area contributed by atoms with Crippen molar-refractivity contribution in [1.82, 2.24) is 4.90 Å². The summed E-state index contributed by atoms with van der Waals surface area (Å²) in [5.41, 5.74) is 5.51. The summed E-state index contributed by atoms with van der Waals surface area (Å²) in [7, 11) is 0. The second kappa shape index (κ2) is 4.93. The lowest BCUT2D eigenvalue weighted by Crippen LogP contribution is -2.56. The van der Waals surface area contributed by atoms with E-state index in [9.17, 15) is 0 Å². The predicted molar refractivity (Wildman–Crippen MR) is 76.7 cm³/mol. The number of nitrogens with two attached hydrogens (primary N) is 1. The normalized spacial score (nSPS) is 23.2. The first-order valence-corrected chi connectivity index (χ1v) is 7.31. The highest BCUT2D eigenvalue weighted by Crippen LogP contribution is 2.29. The van der Waals surface area contributed by atoms with E-state index in [0.717, 1.165) is 19.6 Å². The Hall–Kier alpha value is -0.420. The second-order valence-corrected chi connectivity index (χ2v) is 7.59. The van der Waals surface area contributed by atoms with Gasteiger partial charge in [-0.15, -0.1) is 11.3 Å². The fourth-order valence-corrected chi connectivity index (χ4v) is 3.83. The van der Waals surface area contributed by atoms with Crippen LogP contribution in [-0.2, 0) is 17.8 Å². The third kappa shape index (κ3) is 3.54. The van der Waals surface area contributed by atoms with Crippen molar-refractivity contribution in [3.05, 3.63) is 21.9 Å². The summed E-state index contributed by atoms with van der Waals surface area (Å²) in [6, 6.07) is 4.33. The summed E-state index contributed by atoms with van der Waals surface area (Å²) in [5, 5.41) is 0. The molecule has 0 unspecified atom stereocenters. The van der Waals surface area contributed by atoms with E-state index in [0.29, 0.717) is 6.54 Å². The molecule has 4 heteroatoms. The molecule has 0 amide bonds. The van der Waals surface area contributed by atoms with Gasteiger partial charge in [0.15, 0.2) is 0 Å². The Morgan fingerprint density at radius 2 is 1.72 bits per heavy atom. The first-order valence-electron chi connectivity index (χ1n) is 6.50. The average molecular weight is 268 g/mol. The smallest absolute Gasteiger partial charge is 0.0760 e. The monoisotopic (exact) mass is 268 g/mol. The van der Waals surface area contributed by atoms with Crippen molar-refractivity contribution < 1.29 is 4.74 Å². The van der Waals surface area contributed by atoms with Gasteiger partial charge in [-0.3, -0.25) is 4.90 Å². The molecule has 1 aliphatic rings. The number of morpholine rings is 1. The highest BCUT2D eigenvalue weighted by atomic mass is 32.1. The number of hydrogen-bond donors (Lipinski definition) is 1. The summed E-state index contributed by atoms with van der Waals surface area (Å²) in [5.74, 6) is 0. The maximum absolute atomic E-state index is 6.10. The van der Waals surface area contributed by atoms with Crippen LogP contribution in [0.1, 0.15) is 37.4 Å². The summed E-state index contributed by atoms with van der Waals surface area (Å²) in [6.07, 6.45) is 0. The van der Waals surface area contributed by atoms with Crippen molar-refractivity contribution >= 4 is 11.3 Å². The van der Waals surface area contributed by atoms with E-state index in [4.69, 9.17) is 10.5 Å². The lowest BCUT2D eigenvalue weighted by molar-refractivity contribution is -0.182. The van der Waals surface area contributed by atoms with Crippen LogP contribution in [0.3, 0.4) is 0 Å². The van der Waals surface area contributed by atoms with Gasteiger partial charge < -0.3 is 10.5 Å². The Bertz CT molecular complexity index is 396. The predicted octanol–water partition coefficient (Wildman–Crippen LogP) is 2.60. The molecule has 2 heterocycles. The van der Waals surface area contributed by atoms with E-state index in [1.807, 2.05) is 11.3 Å². The SMILES string of the molecule is CC1(C)CN(Cc2ccc(CN)s2)CC(C)(C)O1. The third-order valence-corrected chi connectivity index (χ3v) is 4.15. The lowest BCUT2D eigenvalue weighted by Gasteiger charge is -2.47. The van der Waals surface area contributed by atoms with Gasteiger partial charge in [0.05, 0.1) is 11.2 Å². The third-order valence-electron chi connectivity index (χ3n) is 3.06. The van der Waals surface area contributed by atoms with E-state index < -0.39 is 0 Å². The minimum absolute atomic E-state index is 0.0737. The van der Waals surface area contributed by atoms with Gasteiger partial charge in [-0.1, -0.05) is 0 Å². The van der Waals surface area contributed by atoms with Crippen LogP contribution in [-0.4, -0.2) is 29.2 Å². The molecule has 0 saturated carbocycles. The van der Waals surface area contributed by atoms with E-state index in [2.05, 4.69) is 44.7 Å². The van der Waals surface area contributed by atoms with Gasteiger partial charge in [0, 0.05) is 35.9 Å². The number of thiophene rings is 1. The zero-order valence-electron chi connectivity index (χ0n) is 11.8. The van der Waals surface area contributed by atoms with Crippen LogP contribution in [0.5, 0.6) is 0 Å². The molecular weight excluding hydrogens is 244 g/mol. The van der Waals surface area contributed by atoms with E-state index >= 15 is 0 Å². The number of rotatable bonds is 3. The Labute approximate surface area is 114 Å². The molecule has 2 N–H and O–H groups in total. The van der Waals surface area contributed by atoms with Gasteiger partial charge in [-0.05, 0) is 39.8 Å². The first-order chi connectivity index (χ1) is 8.30. The van der Waals surface area contributed by atoms with Crippen LogP contribution < -0.4 is 5.73 Å². The Balaban J connectivity index is 2.04. The molecule has 1 aliphatic heterocycles. The lowest BCUT2D eigenvalue weighted by atomic mass is 9.99. The van der Waals surface area contributed by atoms with Gasteiger partial charge in [-0.25, -0.2) is 0 Å². The molecule has 1 saturated heterocycles. The molecule has 18 heavy (non-hydrogen) atoms. The van der Waals surface area contributed by atoms with Gasteiger partial charge in [0.1, 0.15) is 0 Å². The van der Waals surface area contributed by atoms with Crippen LogP contribution in [0.15, 0.2) is 12.1 Å². The van der Waals surface area contributed by atoms with Gasteiger partial charge >= 0.3 is 0 Å². The zero-order chi connectivity index (χ0) is 13.4. The summed E-state index contributed by atoms with van der Waals surface area (Å²) >= 11 is 1.82. The molecule has 1 fully saturated rings. The molecule has 0 atom stereocenters. The fourth-order valence-electron chi connectivity index (χ4n) is 2.89. The Kier molecular flexibility index (Phi) is 3.83. The number of hydrogen-bond acceptors (Lipinski definition) is 4. The zero-order valence-corrected chi connectivity index (χ0v) is 12.6. The quantitative estimate of drug-likeness (QED) is 0.916. The van der Waals surface area contributed by atoms with E-state index in [1.165, 1.54) is 9.75 Å². The van der Waals surface area contributed by atoms with Crippen LogP contribution in [0.4, 0.5) is 0 Å². The molecule has 0 aliphatic carbocycles. The molecule has 0 radical (unpaired) electrons. The van der Waals surface area contributed by atoms with Crippen molar-refractivity contribution in [1.29, 1.82) is 0 Å². The Morgan fingerprint density at radius 1 is 1.17 bits per heavy atom. The molecule has 0 aromatic carbocycles. The van der Waals surface area contributed by atoms with Crippen molar-refractivity contribution in [2.45, 2.75) is 52.0 Å². The fraction of sp³-hybridized carbons (Fsp3) is 0.714. The highest BCUT2D eigenvalue weighted by Gasteiger charge is 2.37. The first kappa shape index (κ1) is 14.0. The molecular formula is C14H24N2OS. The molecule has 0 spiro atoms. The van der Waals surface area contributed by atoms with Crippen LogP contribution >= 0.6 is 11.3 Å². The molecule has 3 nitrogen and oxygen atoms in total. The van der Waals surface area contributed by atoms with Crippen LogP contribution in [0.2, 0.25) is 0 Å².